The van der Waals surface area contributed by atoms with Gasteiger partial charge in [-0.2, -0.15) is 0 Å². The first-order valence-electron chi connectivity index (χ1n) is 26.1. The summed E-state index contributed by atoms with van der Waals surface area (Å²) in [4.78, 5) is 7.62. The number of fused-ring (bicyclic) bond motifs is 5. The Labute approximate surface area is 429 Å². The van der Waals surface area contributed by atoms with Crippen molar-refractivity contribution in [2.75, 3.05) is 14.7 Å². The fourth-order valence-electron chi connectivity index (χ4n) is 12.1. The highest BCUT2D eigenvalue weighted by Gasteiger charge is 2.52. The van der Waals surface area contributed by atoms with Crippen LogP contribution in [0.4, 0.5) is 51.2 Å². The van der Waals surface area contributed by atoms with Gasteiger partial charge in [-0.3, -0.25) is 0 Å². The minimum Gasteiger partial charge on any atom is -0.453 e. The molecule has 2 bridgehead atoms. The van der Waals surface area contributed by atoms with Gasteiger partial charge in [-0.15, -0.1) is 0 Å². The molecule has 12 rings (SSSR count). The van der Waals surface area contributed by atoms with Gasteiger partial charge in [0.05, 0.1) is 17.1 Å². The van der Waals surface area contributed by atoms with Gasteiger partial charge in [-0.25, -0.2) is 0 Å². The van der Waals surface area contributed by atoms with Crippen LogP contribution in [-0.2, 0) is 27.1 Å². The molecule has 0 saturated heterocycles. The van der Waals surface area contributed by atoms with E-state index in [4.69, 9.17) is 4.74 Å². The van der Waals surface area contributed by atoms with Gasteiger partial charge in [0.25, 0.3) is 6.71 Å². The molecule has 4 aliphatic heterocycles. The third-order valence-corrected chi connectivity index (χ3v) is 16.3. The normalized spacial score (nSPS) is 15.2. The highest BCUT2D eigenvalue weighted by Crippen LogP contribution is 2.56. The zero-order valence-electron chi connectivity index (χ0n) is 44.8. The largest absolute Gasteiger partial charge is 0.453 e. The van der Waals surface area contributed by atoms with Gasteiger partial charge in [0.15, 0.2) is 11.5 Å². The first-order chi connectivity index (χ1) is 34.0. The van der Waals surface area contributed by atoms with Gasteiger partial charge in [0.2, 0.25) is 0 Å². The Balaban J connectivity index is 1.21. The second-order valence-electron chi connectivity index (χ2n) is 25.6. The summed E-state index contributed by atoms with van der Waals surface area (Å²) in [6.45, 7) is 32.5. The number of benzene rings is 8. The van der Waals surface area contributed by atoms with Crippen molar-refractivity contribution in [2.45, 2.75) is 124 Å². The summed E-state index contributed by atoms with van der Waals surface area (Å²) in [5.41, 5.74) is 23.9. The topological polar surface area (TPSA) is 19.0 Å². The summed E-state index contributed by atoms with van der Waals surface area (Å²) in [6.07, 6.45) is 0. The lowest BCUT2D eigenvalue weighted by Crippen LogP contribution is -2.67. The van der Waals surface area contributed by atoms with Crippen molar-refractivity contribution < 1.29 is 4.74 Å². The van der Waals surface area contributed by atoms with E-state index >= 15 is 0 Å². The molecule has 0 N–H and O–H groups in total. The van der Waals surface area contributed by atoms with Crippen LogP contribution < -0.4 is 35.8 Å². The van der Waals surface area contributed by atoms with E-state index in [0.29, 0.717) is 0 Å². The molecule has 4 heterocycles. The maximum atomic E-state index is 7.65. The Kier molecular flexibility index (Phi) is 9.94. The minimum absolute atomic E-state index is 0.00157. The first kappa shape index (κ1) is 46.1. The van der Waals surface area contributed by atoms with E-state index in [9.17, 15) is 0 Å². The molecule has 0 spiro atoms. The molecule has 360 valence electrons. The van der Waals surface area contributed by atoms with Crippen LogP contribution in [0.2, 0.25) is 0 Å². The number of anilines is 9. The average molecular weight is 942 g/mol. The molecule has 0 fully saturated rings. The van der Waals surface area contributed by atoms with E-state index in [1.54, 1.807) is 0 Å². The highest BCUT2D eigenvalue weighted by atomic mass is 16.5. The molecule has 0 amide bonds. The van der Waals surface area contributed by atoms with Gasteiger partial charge in [-0.05, 0) is 156 Å². The molecule has 0 aliphatic carbocycles. The van der Waals surface area contributed by atoms with Crippen molar-refractivity contribution in [3.8, 4) is 22.6 Å². The maximum Gasteiger partial charge on any atom is 0.252 e. The Morgan fingerprint density at radius 2 is 0.833 bits per heavy atom. The first-order valence-corrected chi connectivity index (χ1v) is 26.1. The molecule has 4 nitrogen and oxygen atoms in total. The summed E-state index contributed by atoms with van der Waals surface area (Å²) in [7, 11) is 0. The number of hydrogen-bond acceptors (Lipinski definition) is 4. The Morgan fingerprint density at radius 1 is 0.361 bits per heavy atom. The van der Waals surface area contributed by atoms with E-state index in [2.05, 4.69) is 269 Å². The third kappa shape index (κ3) is 7.01. The lowest BCUT2D eigenvalue weighted by molar-refractivity contribution is 0.477. The van der Waals surface area contributed by atoms with Crippen LogP contribution in [0.5, 0.6) is 11.5 Å². The van der Waals surface area contributed by atoms with E-state index in [0.717, 1.165) is 34.2 Å². The van der Waals surface area contributed by atoms with Crippen molar-refractivity contribution in [2.24, 2.45) is 0 Å². The van der Waals surface area contributed by atoms with Crippen LogP contribution in [-0.4, -0.2) is 6.71 Å². The lowest BCUT2D eigenvalue weighted by atomic mass is 9.28. The molecule has 0 atom stereocenters. The smallest absolute Gasteiger partial charge is 0.252 e. The summed E-state index contributed by atoms with van der Waals surface area (Å²) in [5.74, 6) is 1.66. The summed E-state index contributed by atoms with van der Waals surface area (Å²) >= 11 is 0. The SMILES string of the molecule is CC(C)(C)c1ccc(N2c3cc4c5c(c3)C(C)(C)c3cccc6c3B5c3c(cccc3N6c3ccc(C(C)(C)C)cc3-c3ccccc3)N4c3ccc(C(C)(C)C)cc3Oc3cc(C(C)(C)C)ccc32)cc1. The molecule has 72 heavy (non-hydrogen) atoms. The van der Waals surface area contributed by atoms with Gasteiger partial charge in [-0.1, -0.05) is 176 Å². The molecular weight excluding hydrogens is 874 g/mol. The predicted octanol–water partition coefficient (Wildman–Crippen LogP) is 16.8. The number of ether oxygens (including phenoxy) is 1. The highest BCUT2D eigenvalue weighted by molar-refractivity contribution is 7.01. The van der Waals surface area contributed by atoms with Gasteiger partial charge in [0.1, 0.15) is 0 Å². The predicted molar refractivity (Wildman–Crippen MR) is 308 cm³/mol. The van der Waals surface area contributed by atoms with Gasteiger partial charge < -0.3 is 19.4 Å². The molecular formula is C67H68BN3O. The Morgan fingerprint density at radius 3 is 1.40 bits per heavy atom. The fraction of sp³-hybridized carbons (Fsp3) is 0.284. The quantitative estimate of drug-likeness (QED) is 0.164. The number of rotatable bonds is 3. The lowest BCUT2D eigenvalue weighted by Gasteiger charge is -2.51. The Bertz CT molecular complexity index is 3520. The molecule has 4 aliphatic rings. The molecule has 0 unspecified atom stereocenters. The molecule has 0 aromatic heterocycles. The monoisotopic (exact) mass is 942 g/mol. The minimum atomic E-state index is -0.373. The maximum absolute atomic E-state index is 7.65. The van der Waals surface area contributed by atoms with Crippen molar-refractivity contribution in [1.29, 1.82) is 0 Å². The van der Waals surface area contributed by atoms with E-state index in [-0.39, 0.29) is 33.8 Å². The third-order valence-electron chi connectivity index (χ3n) is 16.3. The van der Waals surface area contributed by atoms with Crippen LogP contribution >= 0.6 is 0 Å². The average Bonchev–Trinajstić information content (AvgIpc) is 3.33. The fourth-order valence-corrected chi connectivity index (χ4v) is 12.1. The second kappa shape index (κ2) is 15.5. The van der Waals surface area contributed by atoms with Crippen LogP contribution in [0.15, 0.2) is 158 Å². The van der Waals surface area contributed by atoms with Crippen LogP contribution in [0, 0.1) is 0 Å². The molecule has 8 aromatic rings. The van der Waals surface area contributed by atoms with Crippen molar-refractivity contribution in [1.82, 2.24) is 0 Å². The van der Waals surface area contributed by atoms with E-state index < -0.39 is 0 Å². The van der Waals surface area contributed by atoms with Gasteiger partial charge in [0, 0.05) is 45.1 Å². The molecule has 0 radical (unpaired) electrons. The molecule has 8 aromatic carbocycles. The molecule has 5 heteroatoms. The summed E-state index contributed by atoms with van der Waals surface area (Å²) < 4.78 is 7.65. The van der Waals surface area contributed by atoms with E-state index in [1.165, 1.54) is 89.3 Å². The van der Waals surface area contributed by atoms with Crippen LogP contribution in [0.1, 0.15) is 130 Å². The zero-order chi connectivity index (χ0) is 50.6. The van der Waals surface area contributed by atoms with Crippen molar-refractivity contribution >= 4 is 74.3 Å². The molecule has 0 saturated carbocycles. The van der Waals surface area contributed by atoms with Crippen molar-refractivity contribution in [3.63, 3.8) is 0 Å². The standard InChI is InChI=1S/C67H68BN3O/c1-63(2,3)42-26-31-46(32-27-42)69-47-39-50-61-57(40-47)71(53-35-30-45(66(10,11)12)38-59(53)72-58-37-44(65(7,8)9)29-34-52(58)69)56-25-19-24-55-62(56)68(61)60-49(67(50,13)14)22-18-23-54(60)70(55)51-33-28-43(64(4,5)6)36-48(51)41-20-16-15-17-21-41/h15-40H,1-14H3. The summed E-state index contributed by atoms with van der Waals surface area (Å²) in [5, 5.41) is 0. The number of nitrogens with zero attached hydrogens (tertiary/aromatic N) is 3. The van der Waals surface area contributed by atoms with E-state index in [1.807, 2.05) is 0 Å². The van der Waals surface area contributed by atoms with Crippen LogP contribution in [0.25, 0.3) is 11.1 Å². The second-order valence-corrected chi connectivity index (χ2v) is 25.6. The number of hydrogen-bond donors (Lipinski definition) is 0. The van der Waals surface area contributed by atoms with Crippen LogP contribution in [0.3, 0.4) is 0 Å². The summed E-state index contributed by atoms with van der Waals surface area (Å²) in [6, 6.07) is 60.4. The Hall–Kier alpha value is -6.98. The zero-order valence-corrected chi connectivity index (χ0v) is 44.8. The van der Waals surface area contributed by atoms with Gasteiger partial charge >= 0.3 is 0 Å². The van der Waals surface area contributed by atoms with Crippen molar-refractivity contribution in [3.05, 3.63) is 191 Å².